The summed E-state index contributed by atoms with van der Waals surface area (Å²) in [5.41, 5.74) is 2.24. The third-order valence-electron chi connectivity index (χ3n) is 3.07. The lowest BCUT2D eigenvalue weighted by molar-refractivity contribution is 0.541. The van der Waals surface area contributed by atoms with Crippen LogP contribution in [0, 0.1) is 5.92 Å². The zero-order chi connectivity index (χ0) is 13.7. The summed E-state index contributed by atoms with van der Waals surface area (Å²) in [6, 6.07) is 10.3. The van der Waals surface area contributed by atoms with Crippen molar-refractivity contribution in [1.29, 1.82) is 0 Å². The number of benzene rings is 1. The van der Waals surface area contributed by atoms with E-state index in [2.05, 4.69) is 36.3 Å². The number of hydrogen-bond donors (Lipinski definition) is 0. The lowest BCUT2D eigenvalue weighted by Gasteiger charge is -2.09. The summed E-state index contributed by atoms with van der Waals surface area (Å²) in [4.78, 5) is 4.68. The standard InChI is InChI=1S/C16H20ClNS/c1-12(2)8-9-14(17)10-16-18-15(11-19-16)13-6-4-3-5-7-13/h3-7,11-12,14H,8-10H2,1-2H3. The largest absolute Gasteiger partial charge is 0.241 e. The number of nitrogens with zero attached hydrogens (tertiary/aromatic N) is 1. The Balaban J connectivity index is 1.94. The van der Waals surface area contributed by atoms with E-state index in [-0.39, 0.29) is 5.38 Å². The Morgan fingerprint density at radius 3 is 2.58 bits per heavy atom. The maximum atomic E-state index is 6.38. The summed E-state index contributed by atoms with van der Waals surface area (Å²) in [7, 11) is 0. The van der Waals surface area contributed by atoms with Crippen LogP contribution in [0.5, 0.6) is 0 Å². The number of hydrogen-bond acceptors (Lipinski definition) is 2. The first kappa shape index (κ1) is 14.5. The fraction of sp³-hybridized carbons (Fsp3) is 0.438. The predicted octanol–water partition coefficient (Wildman–Crippen LogP) is 5.40. The summed E-state index contributed by atoms with van der Waals surface area (Å²) >= 11 is 8.09. The molecule has 1 heterocycles. The van der Waals surface area contributed by atoms with E-state index in [0.717, 1.165) is 29.5 Å². The smallest absolute Gasteiger partial charge is 0.0947 e. The molecule has 0 N–H and O–H groups in total. The monoisotopic (exact) mass is 293 g/mol. The minimum atomic E-state index is 0.206. The highest BCUT2D eigenvalue weighted by atomic mass is 35.5. The predicted molar refractivity (Wildman–Crippen MR) is 85.0 cm³/mol. The minimum absolute atomic E-state index is 0.206. The molecule has 2 aromatic rings. The first-order valence-electron chi connectivity index (χ1n) is 6.79. The van der Waals surface area contributed by atoms with Crippen LogP contribution < -0.4 is 0 Å². The molecule has 1 nitrogen and oxygen atoms in total. The van der Waals surface area contributed by atoms with Crippen LogP contribution in [-0.2, 0) is 6.42 Å². The first-order chi connectivity index (χ1) is 9.15. The molecule has 0 aliphatic heterocycles. The Hall–Kier alpha value is -0.860. The van der Waals surface area contributed by atoms with Gasteiger partial charge >= 0.3 is 0 Å². The molecule has 0 bridgehead atoms. The SMILES string of the molecule is CC(C)CCC(Cl)Cc1nc(-c2ccccc2)cs1. The Morgan fingerprint density at radius 1 is 1.16 bits per heavy atom. The zero-order valence-corrected chi connectivity index (χ0v) is 13.0. The number of thiazole rings is 1. The van der Waals surface area contributed by atoms with Crippen LogP contribution in [-0.4, -0.2) is 10.4 Å². The van der Waals surface area contributed by atoms with E-state index in [1.165, 1.54) is 12.0 Å². The van der Waals surface area contributed by atoms with Crippen molar-refractivity contribution in [2.75, 3.05) is 0 Å². The third kappa shape index (κ3) is 4.63. The van der Waals surface area contributed by atoms with Gasteiger partial charge in [0.2, 0.25) is 0 Å². The second-order valence-corrected chi connectivity index (χ2v) is 6.82. The second kappa shape index (κ2) is 7.06. The molecule has 102 valence electrons. The summed E-state index contributed by atoms with van der Waals surface area (Å²) in [5.74, 6) is 0.720. The molecular formula is C16H20ClNS. The summed E-state index contributed by atoms with van der Waals surface area (Å²) in [6.07, 6.45) is 3.14. The normalized spacial score (nSPS) is 12.8. The number of aromatic nitrogens is 1. The molecule has 2 rings (SSSR count). The van der Waals surface area contributed by atoms with Crippen molar-refractivity contribution in [1.82, 2.24) is 4.98 Å². The van der Waals surface area contributed by atoms with E-state index in [4.69, 9.17) is 11.6 Å². The molecule has 19 heavy (non-hydrogen) atoms. The van der Waals surface area contributed by atoms with E-state index < -0.39 is 0 Å². The molecule has 0 fully saturated rings. The average Bonchev–Trinajstić information content (AvgIpc) is 2.86. The number of rotatable bonds is 6. The van der Waals surface area contributed by atoms with Crippen LogP contribution in [0.15, 0.2) is 35.7 Å². The molecule has 0 saturated heterocycles. The van der Waals surface area contributed by atoms with Crippen LogP contribution in [0.25, 0.3) is 11.3 Å². The maximum absolute atomic E-state index is 6.38. The quantitative estimate of drug-likeness (QED) is 0.650. The molecule has 0 saturated carbocycles. The van der Waals surface area contributed by atoms with Gasteiger partial charge in [-0.25, -0.2) is 4.98 Å². The highest BCUT2D eigenvalue weighted by molar-refractivity contribution is 7.10. The topological polar surface area (TPSA) is 12.9 Å². The molecule has 0 amide bonds. The Kier molecular flexibility index (Phi) is 5.41. The van der Waals surface area contributed by atoms with Gasteiger partial charge < -0.3 is 0 Å². The minimum Gasteiger partial charge on any atom is -0.241 e. The van der Waals surface area contributed by atoms with Gasteiger partial charge in [-0.3, -0.25) is 0 Å². The van der Waals surface area contributed by atoms with E-state index in [1.54, 1.807) is 11.3 Å². The van der Waals surface area contributed by atoms with Gasteiger partial charge in [0.05, 0.1) is 10.7 Å². The molecule has 1 aromatic heterocycles. The van der Waals surface area contributed by atoms with Crippen LogP contribution in [0.4, 0.5) is 0 Å². The van der Waals surface area contributed by atoms with Crippen molar-refractivity contribution < 1.29 is 0 Å². The molecule has 1 aromatic carbocycles. The second-order valence-electron chi connectivity index (χ2n) is 5.27. The van der Waals surface area contributed by atoms with Crippen molar-refractivity contribution in [2.24, 2.45) is 5.92 Å². The number of halogens is 1. The van der Waals surface area contributed by atoms with Gasteiger partial charge in [-0.05, 0) is 18.8 Å². The molecule has 1 unspecified atom stereocenters. The molecular weight excluding hydrogens is 274 g/mol. The fourth-order valence-electron chi connectivity index (χ4n) is 1.95. The Morgan fingerprint density at radius 2 is 1.89 bits per heavy atom. The Labute approximate surface area is 124 Å². The molecule has 1 atom stereocenters. The van der Waals surface area contributed by atoms with Gasteiger partial charge in [0, 0.05) is 22.7 Å². The maximum Gasteiger partial charge on any atom is 0.0947 e. The van der Waals surface area contributed by atoms with Crippen LogP contribution in [0.2, 0.25) is 0 Å². The van der Waals surface area contributed by atoms with E-state index in [9.17, 15) is 0 Å². The van der Waals surface area contributed by atoms with Gasteiger partial charge in [-0.2, -0.15) is 0 Å². The lowest BCUT2D eigenvalue weighted by atomic mass is 10.1. The van der Waals surface area contributed by atoms with E-state index >= 15 is 0 Å². The summed E-state index contributed by atoms with van der Waals surface area (Å²) < 4.78 is 0. The highest BCUT2D eigenvalue weighted by Gasteiger charge is 2.11. The highest BCUT2D eigenvalue weighted by Crippen LogP contribution is 2.24. The molecule has 3 heteroatoms. The van der Waals surface area contributed by atoms with Crippen molar-refractivity contribution in [3.05, 3.63) is 40.7 Å². The van der Waals surface area contributed by atoms with Crippen molar-refractivity contribution in [3.63, 3.8) is 0 Å². The summed E-state index contributed by atoms with van der Waals surface area (Å²) in [6.45, 7) is 4.47. The van der Waals surface area contributed by atoms with Crippen molar-refractivity contribution in [3.8, 4) is 11.3 Å². The molecule has 0 spiro atoms. The van der Waals surface area contributed by atoms with Gasteiger partial charge in [0.15, 0.2) is 0 Å². The zero-order valence-electron chi connectivity index (χ0n) is 11.5. The van der Waals surface area contributed by atoms with Gasteiger partial charge in [-0.1, -0.05) is 44.2 Å². The van der Waals surface area contributed by atoms with Gasteiger partial charge in [-0.15, -0.1) is 22.9 Å². The first-order valence-corrected chi connectivity index (χ1v) is 8.10. The van der Waals surface area contributed by atoms with Gasteiger partial charge in [0.25, 0.3) is 0 Å². The van der Waals surface area contributed by atoms with Crippen LogP contribution >= 0.6 is 22.9 Å². The van der Waals surface area contributed by atoms with Crippen molar-refractivity contribution in [2.45, 2.75) is 38.5 Å². The van der Waals surface area contributed by atoms with Crippen LogP contribution in [0.1, 0.15) is 31.7 Å². The fourth-order valence-corrected chi connectivity index (χ4v) is 3.20. The third-order valence-corrected chi connectivity index (χ3v) is 4.32. The molecule has 0 aliphatic carbocycles. The number of alkyl halides is 1. The molecule has 0 radical (unpaired) electrons. The average molecular weight is 294 g/mol. The summed E-state index contributed by atoms with van der Waals surface area (Å²) in [5, 5.41) is 3.47. The van der Waals surface area contributed by atoms with Gasteiger partial charge in [0.1, 0.15) is 0 Å². The van der Waals surface area contributed by atoms with Crippen molar-refractivity contribution >= 4 is 22.9 Å². The Bertz CT molecular complexity index is 492. The van der Waals surface area contributed by atoms with Crippen LogP contribution in [0.3, 0.4) is 0 Å². The lowest BCUT2D eigenvalue weighted by Crippen LogP contribution is -2.04. The molecule has 0 aliphatic rings. The van der Waals surface area contributed by atoms with E-state index in [0.29, 0.717) is 0 Å². The van der Waals surface area contributed by atoms with E-state index in [1.807, 2.05) is 18.2 Å².